The van der Waals surface area contributed by atoms with Gasteiger partial charge in [0.1, 0.15) is 0 Å². The van der Waals surface area contributed by atoms with Crippen LogP contribution in [0.25, 0.3) is 6.08 Å². The highest BCUT2D eigenvalue weighted by Crippen LogP contribution is 2.40. The van der Waals surface area contributed by atoms with Crippen LogP contribution in [-0.4, -0.2) is 34.9 Å². The fourth-order valence-electron chi connectivity index (χ4n) is 2.45. The Morgan fingerprint density at radius 1 is 1.12 bits per heavy atom. The summed E-state index contributed by atoms with van der Waals surface area (Å²) < 4.78 is 63.1. The number of hydrogen-bond acceptors (Lipinski definition) is 7. The van der Waals surface area contributed by atoms with E-state index in [0.717, 1.165) is 18.2 Å². The summed E-state index contributed by atoms with van der Waals surface area (Å²) in [5.74, 6) is -1.63. The van der Waals surface area contributed by atoms with E-state index in [1.54, 1.807) is 24.3 Å². The molecule has 0 saturated carbocycles. The molecule has 1 aliphatic carbocycles. The van der Waals surface area contributed by atoms with E-state index >= 15 is 0 Å². The molecule has 0 saturated heterocycles. The Morgan fingerprint density at radius 3 is 2.12 bits per heavy atom. The molecule has 0 spiro atoms. The zero-order chi connectivity index (χ0) is 19.8. The maximum atomic E-state index is 11.9. The lowest BCUT2D eigenvalue weighted by Gasteiger charge is -2.30. The summed E-state index contributed by atoms with van der Waals surface area (Å²) in [6.45, 7) is 0. The maximum Gasteiger partial charge on any atom is 0.292 e. The third-order valence-corrected chi connectivity index (χ3v) is 7.39. The molecule has 12 heteroatoms. The van der Waals surface area contributed by atoms with Crippen LogP contribution in [0.15, 0.2) is 54.3 Å². The summed E-state index contributed by atoms with van der Waals surface area (Å²) in [5.41, 5.74) is 5.60. The Balaban J connectivity index is 2.65. The van der Waals surface area contributed by atoms with Crippen LogP contribution in [-0.2, 0) is 20.2 Å². The van der Waals surface area contributed by atoms with Gasteiger partial charge in [0.05, 0.1) is 4.92 Å². The predicted molar refractivity (Wildman–Crippen MR) is 93.4 cm³/mol. The van der Waals surface area contributed by atoms with Crippen LogP contribution in [0.5, 0.6) is 0 Å². The summed E-state index contributed by atoms with van der Waals surface area (Å²) >= 11 is 0. The molecule has 2 rings (SSSR count). The quantitative estimate of drug-likeness (QED) is 0.281. The molecule has 140 valence electrons. The van der Waals surface area contributed by atoms with Crippen molar-refractivity contribution in [1.29, 1.82) is 0 Å². The molecule has 0 bridgehead atoms. The van der Waals surface area contributed by atoms with E-state index in [-0.39, 0.29) is 6.08 Å². The van der Waals surface area contributed by atoms with Crippen molar-refractivity contribution in [2.75, 3.05) is 5.73 Å². The van der Waals surface area contributed by atoms with Crippen LogP contribution in [0.2, 0.25) is 0 Å². The summed E-state index contributed by atoms with van der Waals surface area (Å²) in [4.78, 5) is 9.88. The topological polar surface area (TPSA) is 178 Å². The molecule has 0 heterocycles. The average molecular weight is 402 g/mol. The molecule has 0 radical (unpaired) electrons. The minimum absolute atomic E-state index is 0.204. The number of rotatable bonds is 5. The van der Waals surface area contributed by atoms with Crippen LogP contribution in [0, 0.1) is 16.0 Å². The van der Waals surface area contributed by atoms with Gasteiger partial charge in [-0.05, 0) is 17.7 Å². The van der Waals surface area contributed by atoms with Crippen molar-refractivity contribution in [2.24, 2.45) is 5.92 Å². The second kappa shape index (κ2) is 6.64. The second-order valence-electron chi connectivity index (χ2n) is 5.41. The number of anilines is 1. The summed E-state index contributed by atoms with van der Waals surface area (Å²) in [6, 6.07) is 6.19. The van der Waals surface area contributed by atoms with Gasteiger partial charge in [0.2, 0.25) is 0 Å². The summed E-state index contributed by atoms with van der Waals surface area (Å²) in [6.07, 6.45) is 4.39. The van der Waals surface area contributed by atoms with Gasteiger partial charge in [0.25, 0.3) is 30.0 Å². The lowest BCUT2D eigenvalue weighted by Crippen LogP contribution is -2.50. The van der Waals surface area contributed by atoms with Crippen LogP contribution >= 0.6 is 0 Å². The highest BCUT2D eigenvalue weighted by molar-refractivity contribution is 8.05. The zero-order valence-electron chi connectivity index (χ0n) is 13.0. The lowest BCUT2D eigenvalue weighted by molar-refractivity contribution is -0.419. The smallest absolute Gasteiger partial charge is 0.292 e. The summed E-state index contributed by atoms with van der Waals surface area (Å²) in [5, 5.41) is 10.9. The van der Waals surface area contributed by atoms with Crippen molar-refractivity contribution in [2.45, 2.75) is 4.08 Å². The van der Waals surface area contributed by atoms with Gasteiger partial charge in [-0.25, -0.2) is 0 Å². The van der Waals surface area contributed by atoms with Crippen molar-refractivity contribution < 1.29 is 30.9 Å². The SMILES string of the molecule is Nc1ccc(C=CC2C=CC([N+](=O)[O-])=CC2(S(=O)(=O)O)S(=O)(=O)O)cc1. The standard InChI is InChI=1S/C14H14N2O8S2/c15-12-6-2-10(3-7-12)1-4-11-5-8-13(16(17)18)9-14(11,25(19,20)21)26(22,23)24/h1-9,11H,15H2,(H,19,20,21)(H,22,23,24). The Bertz CT molecular complexity index is 989. The fourth-order valence-corrected chi connectivity index (χ4v) is 5.05. The lowest BCUT2D eigenvalue weighted by atomic mass is 9.96. The van der Waals surface area contributed by atoms with Gasteiger partial charge in [-0.15, -0.1) is 0 Å². The predicted octanol–water partition coefficient (Wildman–Crippen LogP) is 1.10. The Labute approximate surface area is 149 Å². The van der Waals surface area contributed by atoms with Gasteiger partial charge in [0, 0.05) is 23.8 Å². The first-order chi connectivity index (χ1) is 11.9. The molecular formula is C14H14N2O8S2. The van der Waals surface area contributed by atoms with E-state index in [1.165, 1.54) is 6.08 Å². The van der Waals surface area contributed by atoms with Crippen LogP contribution in [0.3, 0.4) is 0 Å². The summed E-state index contributed by atoms with van der Waals surface area (Å²) in [7, 11) is -11.0. The van der Waals surface area contributed by atoms with Crippen molar-refractivity contribution in [3.05, 3.63) is 69.9 Å². The number of nitrogens with two attached hydrogens (primary N) is 1. The molecular weight excluding hydrogens is 388 g/mol. The number of hydrogen-bond donors (Lipinski definition) is 3. The normalized spacial score (nSPS) is 20.1. The van der Waals surface area contributed by atoms with Gasteiger partial charge in [-0.2, -0.15) is 16.8 Å². The van der Waals surface area contributed by atoms with Crippen molar-refractivity contribution >= 4 is 32.0 Å². The van der Waals surface area contributed by atoms with E-state index in [0.29, 0.717) is 11.3 Å². The molecule has 26 heavy (non-hydrogen) atoms. The molecule has 4 N–H and O–H groups in total. The zero-order valence-corrected chi connectivity index (χ0v) is 14.6. The first kappa shape index (κ1) is 19.8. The van der Waals surface area contributed by atoms with Crippen molar-refractivity contribution in [3.63, 3.8) is 0 Å². The van der Waals surface area contributed by atoms with E-state index < -0.39 is 40.9 Å². The number of nitro groups is 1. The minimum Gasteiger partial charge on any atom is -0.399 e. The van der Waals surface area contributed by atoms with Crippen molar-refractivity contribution in [3.8, 4) is 0 Å². The highest BCUT2D eigenvalue weighted by Gasteiger charge is 2.59. The van der Waals surface area contributed by atoms with Gasteiger partial charge in [-0.3, -0.25) is 19.2 Å². The van der Waals surface area contributed by atoms with E-state index in [9.17, 15) is 36.1 Å². The Morgan fingerprint density at radius 2 is 1.65 bits per heavy atom. The first-order valence-corrected chi connectivity index (χ1v) is 9.80. The van der Waals surface area contributed by atoms with Gasteiger partial charge in [-0.1, -0.05) is 30.4 Å². The van der Waals surface area contributed by atoms with Crippen molar-refractivity contribution in [1.82, 2.24) is 0 Å². The molecule has 1 unspecified atom stereocenters. The molecule has 0 amide bonds. The number of nitrogen functional groups attached to an aromatic ring is 1. The minimum atomic E-state index is -5.51. The number of nitrogens with zero attached hydrogens (tertiary/aromatic N) is 1. The largest absolute Gasteiger partial charge is 0.399 e. The fraction of sp³-hybridized carbons (Fsp3) is 0.143. The van der Waals surface area contributed by atoms with Gasteiger partial charge < -0.3 is 5.73 Å². The molecule has 0 aromatic heterocycles. The molecule has 1 aromatic carbocycles. The van der Waals surface area contributed by atoms with Crippen LogP contribution in [0.1, 0.15) is 5.56 Å². The Hall–Kier alpha value is -2.54. The molecule has 0 aliphatic heterocycles. The van der Waals surface area contributed by atoms with Gasteiger partial charge >= 0.3 is 0 Å². The van der Waals surface area contributed by atoms with Gasteiger partial charge in [0.15, 0.2) is 0 Å². The molecule has 10 nitrogen and oxygen atoms in total. The third kappa shape index (κ3) is 3.53. The number of allylic oxidation sites excluding steroid dienone is 3. The van der Waals surface area contributed by atoms with E-state index in [2.05, 4.69) is 0 Å². The average Bonchev–Trinajstić information content (AvgIpc) is 2.51. The first-order valence-electron chi connectivity index (χ1n) is 6.92. The second-order valence-corrected chi connectivity index (χ2v) is 8.92. The Kier molecular flexibility index (Phi) is 5.05. The van der Waals surface area contributed by atoms with Crippen LogP contribution in [0.4, 0.5) is 5.69 Å². The highest BCUT2D eigenvalue weighted by atomic mass is 32.3. The maximum absolute atomic E-state index is 11.9. The molecule has 0 fully saturated rings. The van der Waals surface area contributed by atoms with E-state index in [1.807, 2.05) is 0 Å². The monoisotopic (exact) mass is 402 g/mol. The van der Waals surface area contributed by atoms with Crippen LogP contribution < -0.4 is 5.73 Å². The molecule has 1 atom stereocenters. The molecule has 1 aromatic rings. The number of benzene rings is 1. The molecule has 1 aliphatic rings. The van der Waals surface area contributed by atoms with E-state index in [4.69, 9.17) is 5.73 Å². The third-order valence-electron chi connectivity index (χ3n) is 3.74.